The molecule has 1 amide bonds. The summed E-state index contributed by atoms with van der Waals surface area (Å²) < 4.78 is 6.40. The molecule has 0 fully saturated rings. The molecule has 2 N–H and O–H groups in total. The highest BCUT2D eigenvalue weighted by Crippen LogP contribution is 2.39. The van der Waals surface area contributed by atoms with E-state index >= 15 is 0 Å². The van der Waals surface area contributed by atoms with Crippen LogP contribution < -0.4 is 15.4 Å². The molecule has 1 aromatic heterocycles. The van der Waals surface area contributed by atoms with Gasteiger partial charge >= 0.3 is 0 Å². The lowest BCUT2D eigenvalue weighted by atomic mass is 10.1. The molecule has 5 aromatic rings. The summed E-state index contributed by atoms with van der Waals surface area (Å²) in [5, 5.41) is 25.6. The predicted octanol–water partition coefficient (Wildman–Crippen LogP) is 8.11. The van der Waals surface area contributed by atoms with E-state index in [0.29, 0.717) is 15.2 Å². The number of nitro benzene ring substituents is 1. The zero-order chi connectivity index (χ0) is 27.9. The van der Waals surface area contributed by atoms with Gasteiger partial charge in [0, 0.05) is 17.4 Å². The van der Waals surface area contributed by atoms with Crippen molar-refractivity contribution in [2.45, 2.75) is 9.59 Å². The molecule has 4 aromatic carbocycles. The fourth-order valence-corrected chi connectivity index (χ4v) is 5.75. The maximum absolute atomic E-state index is 13.3. The van der Waals surface area contributed by atoms with Gasteiger partial charge in [-0.1, -0.05) is 83.2 Å². The number of aromatic nitrogens is 2. The van der Waals surface area contributed by atoms with Gasteiger partial charge in [-0.2, -0.15) is 0 Å². The van der Waals surface area contributed by atoms with Crippen molar-refractivity contribution in [2.75, 3.05) is 10.6 Å². The summed E-state index contributed by atoms with van der Waals surface area (Å²) in [5.74, 6) is 1.08. The molecule has 0 saturated carbocycles. The van der Waals surface area contributed by atoms with Crippen molar-refractivity contribution in [3.05, 3.63) is 124 Å². The highest BCUT2D eigenvalue weighted by atomic mass is 35.5. The first kappa shape index (κ1) is 27.1. The Balaban J connectivity index is 1.28. The zero-order valence-electron chi connectivity index (χ0n) is 20.6. The average molecular weight is 590 g/mol. The number of rotatable bonds is 10. The van der Waals surface area contributed by atoms with E-state index in [1.54, 1.807) is 0 Å². The third-order valence-corrected chi connectivity index (χ3v) is 7.96. The summed E-state index contributed by atoms with van der Waals surface area (Å²) in [6.07, 6.45) is 0. The number of carbonyl (C=O) groups is 1. The fourth-order valence-electron chi connectivity index (χ4n) is 3.60. The lowest BCUT2D eigenvalue weighted by Gasteiger charge is -2.15. The van der Waals surface area contributed by atoms with Gasteiger partial charge in [-0.3, -0.25) is 14.9 Å². The number of benzene rings is 4. The second-order valence-corrected chi connectivity index (χ2v) is 11.0. The lowest BCUT2D eigenvalue weighted by molar-refractivity contribution is -0.384. The predicted molar refractivity (Wildman–Crippen MR) is 158 cm³/mol. The highest BCUT2D eigenvalue weighted by molar-refractivity contribution is 8.02. The van der Waals surface area contributed by atoms with Crippen LogP contribution in [-0.2, 0) is 4.79 Å². The van der Waals surface area contributed by atoms with Crippen LogP contribution in [0.4, 0.5) is 22.2 Å². The Morgan fingerprint density at radius 3 is 2.25 bits per heavy atom. The monoisotopic (exact) mass is 589 g/mol. The van der Waals surface area contributed by atoms with Crippen LogP contribution in [0.25, 0.3) is 0 Å². The number of nitro groups is 1. The molecule has 12 heteroatoms. The molecular formula is C28H20ClN5O4S2. The van der Waals surface area contributed by atoms with Gasteiger partial charge in [-0.05, 0) is 54.1 Å². The molecule has 0 aliphatic heterocycles. The molecular weight excluding hydrogens is 570 g/mol. The van der Waals surface area contributed by atoms with E-state index in [4.69, 9.17) is 16.3 Å². The fraction of sp³-hybridized carbons (Fsp3) is 0.0357. The summed E-state index contributed by atoms with van der Waals surface area (Å²) in [4.78, 5) is 24.0. The van der Waals surface area contributed by atoms with E-state index in [1.807, 2.05) is 84.9 Å². The number of halogens is 1. The quantitative estimate of drug-likeness (QED) is 0.0952. The van der Waals surface area contributed by atoms with Gasteiger partial charge in [-0.25, -0.2) is 0 Å². The number of nitrogens with zero attached hydrogens (tertiary/aromatic N) is 3. The van der Waals surface area contributed by atoms with Crippen molar-refractivity contribution < 1.29 is 14.5 Å². The Morgan fingerprint density at radius 1 is 0.900 bits per heavy atom. The number of amides is 1. The van der Waals surface area contributed by atoms with Crippen molar-refractivity contribution in [1.29, 1.82) is 0 Å². The Kier molecular flexibility index (Phi) is 8.55. The first-order valence-electron chi connectivity index (χ1n) is 11.8. The molecule has 1 atom stereocenters. The Bertz CT molecular complexity index is 1620. The second kappa shape index (κ2) is 12.6. The maximum atomic E-state index is 13.3. The average Bonchev–Trinajstić information content (AvgIpc) is 3.41. The topological polar surface area (TPSA) is 119 Å². The molecule has 0 radical (unpaired) electrons. The van der Waals surface area contributed by atoms with E-state index in [1.165, 1.54) is 41.3 Å². The number of para-hydroxylation sites is 1. The van der Waals surface area contributed by atoms with Crippen molar-refractivity contribution in [2.24, 2.45) is 0 Å². The van der Waals surface area contributed by atoms with E-state index in [-0.39, 0.29) is 22.3 Å². The maximum Gasteiger partial charge on any atom is 0.289 e. The van der Waals surface area contributed by atoms with Gasteiger partial charge in [0.15, 0.2) is 4.34 Å². The zero-order valence-corrected chi connectivity index (χ0v) is 23.0. The SMILES string of the molecule is O=C(Nc1ccc(Cl)c([N+](=O)[O-])c1)C(Sc1nnc(Nc2ccc(Oc3ccccc3)cc2)s1)c1ccccc1. The van der Waals surface area contributed by atoms with Gasteiger partial charge in [0.25, 0.3) is 5.69 Å². The van der Waals surface area contributed by atoms with E-state index in [2.05, 4.69) is 20.8 Å². The highest BCUT2D eigenvalue weighted by Gasteiger charge is 2.25. The molecule has 1 heterocycles. The minimum Gasteiger partial charge on any atom is -0.457 e. The number of carbonyl (C=O) groups excluding carboxylic acids is 1. The largest absolute Gasteiger partial charge is 0.457 e. The van der Waals surface area contributed by atoms with E-state index < -0.39 is 10.2 Å². The normalized spacial score (nSPS) is 11.4. The number of anilines is 3. The number of thioether (sulfide) groups is 1. The van der Waals surface area contributed by atoms with E-state index in [0.717, 1.165) is 17.0 Å². The molecule has 0 aliphatic rings. The van der Waals surface area contributed by atoms with Crippen LogP contribution in [0.15, 0.2) is 107 Å². The van der Waals surface area contributed by atoms with Crippen molar-refractivity contribution in [3.8, 4) is 11.5 Å². The van der Waals surface area contributed by atoms with Crippen LogP contribution in [0, 0.1) is 10.1 Å². The lowest BCUT2D eigenvalue weighted by Crippen LogP contribution is -2.19. The van der Waals surface area contributed by atoms with Crippen molar-refractivity contribution >= 4 is 62.8 Å². The van der Waals surface area contributed by atoms with Crippen molar-refractivity contribution in [1.82, 2.24) is 10.2 Å². The van der Waals surface area contributed by atoms with Crippen LogP contribution in [0.2, 0.25) is 5.02 Å². The molecule has 0 spiro atoms. The minimum absolute atomic E-state index is 0.00997. The molecule has 0 saturated heterocycles. The summed E-state index contributed by atoms with van der Waals surface area (Å²) in [6, 6.07) is 30.3. The van der Waals surface area contributed by atoms with Crippen molar-refractivity contribution in [3.63, 3.8) is 0 Å². The van der Waals surface area contributed by atoms with Gasteiger partial charge < -0.3 is 15.4 Å². The first-order valence-corrected chi connectivity index (χ1v) is 13.9. The van der Waals surface area contributed by atoms with Crippen LogP contribution in [0.1, 0.15) is 10.8 Å². The summed E-state index contributed by atoms with van der Waals surface area (Å²) >= 11 is 8.44. The smallest absolute Gasteiger partial charge is 0.289 e. The molecule has 200 valence electrons. The molecule has 0 aliphatic carbocycles. The van der Waals surface area contributed by atoms with Crippen LogP contribution in [0.3, 0.4) is 0 Å². The standard InChI is InChI=1S/C28H20ClN5O4S2/c29-23-16-13-20(17-24(23)34(36)37)30-26(35)25(18-7-3-1-4-8-18)39-28-33-32-27(40-28)31-19-11-14-22(15-12-19)38-21-9-5-2-6-10-21/h1-17,25H,(H,30,35)(H,31,32). The van der Waals surface area contributed by atoms with Crippen LogP contribution >= 0.6 is 34.7 Å². The van der Waals surface area contributed by atoms with Gasteiger partial charge in [-0.15, -0.1) is 10.2 Å². The second-order valence-electron chi connectivity index (χ2n) is 8.26. The molecule has 1 unspecified atom stereocenters. The molecule has 9 nitrogen and oxygen atoms in total. The van der Waals surface area contributed by atoms with Gasteiger partial charge in [0.05, 0.1) is 4.92 Å². The number of nitrogens with one attached hydrogen (secondary N) is 2. The Morgan fingerprint density at radius 2 is 1.55 bits per heavy atom. The number of hydrogen-bond donors (Lipinski definition) is 2. The van der Waals surface area contributed by atoms with E-state index in [9.17, 15) is 14.9 Å². The number of ether oxygens (including phenoxy) is 1. The third-order valence-electron chi connectivity index (χ3n) is 5.46. The summed E-state index contributed by atoms with van der Waals surface area (Å²) in [6.45, 7) is 0. The summed E-state index contributed by atoms with van der Waals surface area (Å²) in [7, 11) is 0. The number of hydrogen-bond acceptors (Lipinski definition) is 9. The van der Waals surface area contributed by atoms with Gasteiger partial charge in [0.1, 0.15) is 21.8 Å². The first-order chi connectivity index (χ1) is 19.4. The third kappa shape index (κ3) is 6.94. The van der Waals surface area contributed by atoms with Gasteiger partial charge in [0.2, 0.25) is 11.0 Å². The minimum atomic E-state index is -0.689. The molecule has 40 heavy (non-hydrogen) atoms. The van der Waals surface area contributed by atoms with Crippen LogP contribution in [0.5, 0.6) is 11.5 Å². The molecule has 5 rings (SSSR count). The van der Waals surface area contributed by atoms with Crippen LogP contribution in [-0.4, -0.2) is 21.0 Å². The molecule has 0 bridgehead atoms. The Hall–Kier alpha value is -4.45. The summed E-state index contributed by atoms with van der Waals surface area (Å²) in [5.41, 5.74) is 1.52. The Labute approximate surface area is 242 Å².